The highest BCUT2D eigenvalue weighted by atomic mass is 19.4. The maximum atomic E-state index is 14.4. The van der Waals surface area contributed by atoms with Gasteiger partial charge in [0.1, 0.15) is 11.6 Å². The molecule has 1 N–H and O–H groups in total. The highest BCUT2D eigenvalue weighted by Crippen LogP contribution is 2.31. The molecule has 0 radical (unpaired) electrons. The van der Waals surface area contributed by atoms with Crippen LogP contribution in [0.15, 0.2) is 97.2 Å². The van der Waals surface area contributed by atoms with Gasteiger partial charge in [0.25, 0.3) is 0 Å². The number of para-hydroxylation sites is 1. The van der Waals surface area contributed by atoms with Crippen molar-refractivity contribution in [2.45, 2.75) is 82.9 Å². The number of fused-ring (bicyclic) bond motifs is 1. The molecule has 1 fully saturated rings. The number of likely N-dealkylation sites (tertiary alicyclic amines) is 1. The molecule has 49 heavy (non-hydrogen) atoms. The van der Waals surface area contributed by atoms with Crippen LogP contribution in [0, 0.1) is 0 Å². The molecule has 258 valence electrons. The maximum Gasteiger partial charge on any atom is 0.471 e. The number of benzene rings is 3. The number of rotatable bonds is 9. The van der Waals surface area contributed by atoms with Gasteiger partial charge < -0.3 is 19.9 Å². The van der Waals surface area contributed by atoms with Gasteiger partial charge in [-0.2, -0.15) is 13.2 Å². The Morgan fingerprint density at radius 3 is 2.20 bits per heavy atom. The second-order valence-electron chi connectivity index (χ2n) is 13.4. The number of ether oxygens (including phenoxy) is 1. The normalized spacial score (nSPS) is 17.3. The molecule has 11 heteroatoms. The van der Waals surface area contributed by atoms with Gasteiger partial charge in [-0.05, 0) is 68.9 Å². The van der Waals surface area contributed by atoms with Gasteiger partial charge in [0.15, 0.2) is 0 Å². The number of nitrogens with one attached hydrogen (secondary N) is 1. The number of piperidine rings is 1. The predicted octanol–water partition coefficient (Wildman–Crippen LogP) is 6.86. The lowest BCUT2D eigenvalue weighted by atomic mass is 9.89. The molecule has 0 aliphatic carbocycles. The van der Waals surface area contributed by atoms with Crippen molar-refractivity contribution >= 4 is 28.8 Å². The van der Waals surface area contributed by atoms with Crippen LogP contribution in [0.2, 0.25) is 0 Å². The number of alkyl halides is 3. The quantitative estimate of drug-likeness (QED) is 0.210. The molecule has 1 aromatic heterocycles. The minimum absolute atomic E-state index is 0.0843. The first-order chi connectivity index (χ1) is 23.3. The molecule has 0 spiro atoms. The van der Waals surface area contributed by atoms with Crippen molar-refractivity contribution in [1.29, 1.82) is 0 Å². The molecule has 3 aromatic carbocycles. The van der Waals surface area contributed by atoms with Gasteiger partial charge in [0.2, 0.25) is 5.91 Å². The van der Waals surface area contributed by atoms with Crippen LogP contribution < -0.4 is 5.32 Å². The topological polar surface area (TPSA) is 91.8 Å². The van der Waals surface area contributed by atoms with Crippen LogP contribution in [-0.4, -0.2) is 69.1 Å². The van der Waals surface area contributed by atoms with Crippen LogP contribution in [0.5, 0.6) is 0 Å². The van der Waals surface area contributed by atoms with E-state index in [4.69, 9.17) is 4.74 Å². The van der Waals surface area contributed by atoms with Crippen LogP contribution >= 0.6 is 0 Å². The minimum Gasteiger partial charge on any atom is -0.444 e. The molecular formula is C38H41F3N4O4. The lowest BCUT2D eigenvalue weighted by Crippen LogP contribution is -2.59. The van der Waals surface area contributed by atoms with E-state index in [0.29, 0.717) is 22.9 Å². The lowest BCUT2D eigenvalue weighted by Gasteiger charge is -2.45. The highest BCUT2D eigenvalue weighted by Gasteiger charge is 2.47. The molecule has 0 saturated carbocycles. The second kappa shape index (κ2) is 15.1. The maximum absolute atomic E-state index is 14.4. The Balaban J connectivity index is 1.47. The van der Waals surface area contributed by atoms with Crippen molar-refractivity contribution in [3.63, 3.8) is 0 Å². The molecule has 3 amide bonds. The van der Waals surface area contributed by atoms with E-state index in [1.54, 1.807) is 56.0 Å². The molecule has 1 saturated heterocycles. The average molecular weight is 675 g/mol. The van der Waals surface area contributed by atoms with E-state index in [-0.39, 0.29) is 38.3 Å². The number of hydrogen-bond donors (Lipinski definition) is 1. The largest absolute Gasteiger partial charge is 0.471 e. The number of pyridine rings is 1. The number of amides is 3. The standard InChI is InChI=1S/C38H41F3N4O4/c1-37(2,3)49-36(48)43-33(23-27-14-8-5-9-15-27)34(46)44-21-19-29(24-30(44)22-26-12-6-4-7-13-26)45(35(47)38(39,40)41)25-28-18-20-42-32-17-11-10-16-31(28)32/h4-18,20,29-30,33H,19,21-25H2,1-3H3,(H,43,48)/t29?,30?,33-/m1/s1. The summed E-state index contributed by atoms with van der Waals surface area (Å²) >= 11 is 0. The summed E-state index contributed by atoms with van der Waals surface area (Å²) in [5.41, 5.74) is 2.07. The van der Waals surface area contributed by atoms with E-state index in [1.807, 2.05) is 60.7 Å². The highest BCUT2D eigenvalue weighted by molar-refractivity contribution is 5.87. The van der Waals surface area contributed by atoms with Crippen molar-refractivity contribution in [3.05, 3.63) is 114 Å². The fraction of sp³-hybridized carbons (Fsp3) is 0.368. The summed E-state index contributed by atoms with van der Waals surface area (Å²) in [5.74, 6) is -2.30. The number of aromatic nitrogens is 1. The van der Waals surface area contributed by atoms with Crippen LogP contribution in [-0.2, 0) is 33.7 Å². The third kappa shape index (κ3) is 9.37. The first-order valence-electron chi connectivity index (χ1n) is 16.4. The smallest absolute Gasteiger partial charge is 0.444 e. The molecule has 1 aliphatic rings. The van der Waals surface area contributed by atoms with Crippen LogP contribution in [0.4, 0.5) is 18.0 Å². The second-order valence-corrected chi connectivity index (χ2v) is 13.4. The van der Waals surface area contributed by atoms with Crippen LogP contribution in [0.3, 0.4) is 0 Å². The van der Waals surface area contributed by atoms with Crippen molar-refractivity contribution in [2.75, 3.05) is 6.54 Å². The molecule has 2 unspecified atom stereocenters. The van der Waals surface area contributed by atoms with Crippen molar-refractivity contribution < 1.29 is 32.3 Å². The Morgan fingerprint density at radius 1 is 0.918 bits per heavy atom. The zero-order valence-electron chi connectivity index (χ0n) is 27.8. The van der Waals surface area contributed by atoms with E-state index in [0.717, 1.165) is 16.0 Å². The average Bonchev–Trinajstić information content (AvgIpc) is 3.06. The Hall–Kier alpha value is -4.93. The zero-order chi connectivity index (χ0) is 35.2. The van der Waals surface area contributed by atoms with Gasteiger partial charge in [-0.25, -0.2) is 4.79 Å². The summed E-state index contributed by atoms with van der Waals surface area (Å²) < 4.78 is 47.9. The van der Waals surface area contributed by atoms with E-state index in [1.165, 1.54) is 6.20 Å². The minimum atomic E-state index is -5.09. The summed E-state index contributed by atoms with van der Waals surface area (Å²) in [6, 6.07) is 25.0. The van der Waals surface area contributed by atoms with Gasteiger partial charge in [0, 0.05) is 43.2 Å². The van der Waals surface area contributed by atoms with Gasteiger partial charge in [-0.3, -0.25) is 14.6 Å². The monoisotopic (exact) mass is 674 g/mol. The third-order valence-electron chi connectivity index (χ3n) is 8.58. The van der Waals surface area contributed by atoms with Gasteiger partial charge in [0.05, 0.1) is 5.52 Å². The molecular weight excluding hydrogens is 633 g/mol. The first-order valence-corrected chi connectivity index (χ1v) is 16.4. The van der Waals surface area contributed by atoms with E-state index in [9.17, 15) is 27.6 Å². The van der Waals surface area contributed by atoms with Crippen molar-refractivity contribution in [1.82, 2.24) is 20.1 Å². The molecule has 4 aromatic rings. The number of carbonyl (C=O) groups is 3. The van der Waals surface area contributed by atoms with Crippen molar-refractivity contribution in [2.24, 2.45) is 0 Å². The van der Waals surface area contributed by atoms with Crippen LogP contribution in [0.1, 0.15) is 50.3 Å². The number of carbonyl (C=O) groups excluding carboxylic acids is 3. The molecule has 1 aliphatic heterocycles. The fourth-order valence-electron chi connectivity index (χ4n) is 6.39. The number of alkyl carbamates (subject to hydrolysis) is 1. The summed E-state index contributed by atoms with van der Waals surface area (Å²) in [7, 11) is 0. The molecule has 5 rings (SSSR count). The summed E-state index contributed by atoms with van der Waals surface area (Å²) in [4.78, 5) is 47.3. The van der Waals surface area contributed by atoms with Gasteiger partial charge in [-0.1, -0.05) is 78.9 Å². The number of hydrogen-bond acceptors (Lipinski definition) is 5. The third-order valence-corrected chi connectivity index (χ3v) is 8.58. The van der Waals surface area contributed by atoms with E-state index in [2.05, 4.69) is 10.3 Å². The number of halogens is 3. The Kier molecular flexibility index (Phi) is 10.9. The Labute approximate surface area is 284 Å². The molecule has 2 heterocycles. The SMILES string of the molecule is CC(C)(C)OC(=O)N[C@H](Cc1ccccc1)C(=O)N1CCC(N(Cc2ccnc3ccccc23)C(=O)C(F)(F)F)CC1Cc1ccccc1. The molecule has 8 nitrogen and oxygen atoms in total. The first kappa shape index (κ1) is 35.4. The Bertz CT molecular complexity index is 1740. The lowest BCUT2D eigenvalue weighted by molar-refractivity contribution is -0.190. The summed E-state index contributed by atoms with van der Waals surface area (Å²) in [6.45, 7) is 4.99. The van der Waals surface area contributed by atoms with E-state index >= 15 is 0 Å². The molecule has 3 atom stereocenters. The van der Waals surface area contributed by atoms with Gasteiger partial charge >= 0.3 is 18.2 Å². The van der Waals surface area contributed by atoms with Crippen LogP contribution in [0.25, 0.3) is 10.9 Å². The summed E-state index contributed by atoms with van der Waals surface area (Å²) in [6.07, 6.45) is -3.56. The Morgan fingerprint density at radius 2 is 1.55 bits per heavy atom. The van der Waals surface area contributed by atoms with Crippen molar-refractivity contribution in [3.8, 4) is 0 Å². The number of nitrogens with zero attached hydrogens (tertiary/aromatic N) is 3. The zero-order valence-corrected chi connectivity index (χ0v) is 27.8. The van der Waals surface area contributed by atoms with E-state index < -0.39 is 41.9 Å². The summed E-state index contributed by atoms with van der Waals surface area (Å²) in [5, 5.41) is 3.42. The predicted molar refractivity (Wildman–Crippen MR) is 180 cm³/mol. The van der Waals surface area contributed by atoms with Gasteiger partial charge in [-0.15, -0.1) is 0 Å². The fourth-order valence-corrected chi connectivity index (χ4v) is 6.39. The molecule has 0 bridgehead atoms.